The third kappa shape index (κ3) is 4.00. The highest BCUT2D eigenvalue weighted by Gasteiger charge is 2.07. The minimum Gasteiger partial charge on any atom is -0.395 e. The molecule has 3 nitrogen and oxygen atoms in total. The van der Waals surface area contributed by atoms with Crippen molar-refractivity contribution in [1.29, 1.82) is 0 Å². The number of benzene rings is 2. The maximum atomic E-state index is 11.5. The first-order valence-corrected chi connectivity index (χ1v) is 5.92. The van der Waals surface area contributed by atoms with E-state index >= 15 is 0 Å². The van der Waals surface area contributed by atoms with Crippen LogP contribution in [0.15, 0.2) is 67.3 Å². The van der Waals surface area contributed by atoms with Crippen molar-refractivity contribution < 1.29 is 14.3 Å². The minimum absolute atomic E-state index is 0.453. The Labute approximate surface area is 112 Å². The third-order valence-corrected chi connectivity index (χ3v) is 2.45. The van der Waals surface area contributed by atoms with E-state index in [9.17, 15) is 4.79 Å². The van der Waals surface area contributed by atoms with Crippen LogP contribution in [-0.2, 0) is 6.42 Å². The SMILES string of the molecule is C=CCc1ccc(OC(=O)Oc2ccccc2)cc1. The van der Waals surface area contributed by atoms with Crippen LogP contribution in [0.4, 0.5) is 4.79 Å². The zero-order chi connectivity index (χ0) is 13.5. The van der Waals surface area contributed by atoms with E-state index in [1.807, 2.05) is 24.3 Å². The smallest absolute Gasteiger partial charge is 0.395 e. The van der Waals surface area contributed by atoms with Gasteiger partial charge in [0.05, 0.1) is 0 Å². The summed E-state index contributed by atoms with van der Waals surface area (Å²) in [4.78, 5) is 11.5. The quantitative estimate of drug-likeness (QED) is 0.470. The molecular formula is C16H14O3. The minimum atomic E-state index is -0.748. The van der Waals surface area contributed by atoms with Crippen molar-refractivity contribution in [3.05, 3.63) is 72.8 Å². The van der Waals surface area contributed by atoms with Crippen molar-refractivity contribution in [2.45, 2.75) is 6.42 Å². The van der Waals surface area contributed by atoms with Crippen molar-refractivity contribution in [3.8, 4) is 11.5 Å². The van der Waals surface area contributed by atoms with E-state index in [0.29, 0.717) is 11.5 Å². The summed E-state index contributed by atoms with van der Waals surface area (Å²) in [5.41, 5.74) is 1.11. The van der Waals surface area contributed by atoms with Crippen LogP contribution in [0.3, 0.4) is 0 Å². The number of carbonyl (C=O) groups is 1. The highest BCUT2D eigenvalue weighted by Crippen LogP contribution is 2.15. The van der Waals surface area contributed by atoms with Crippen molar-refractivity contribution in [3.63, 3.8) is 0 Å². The fourth-order valence-electron chi connectivity index (χ4n) is 1.56. The molecule has 2 rings (SSSR count). The third-order valence-electron chi connectivity index (χ3n) is 2.45. The van der Waals surface area contributed by atoms with Crippen LogP contribution in [0.1, 0.15) is 5.56 Å². The van der Waals surface area contributed by atoms with E-state index in [0.717, 1.165) is 12.0 Å². The van der Waals surface area contributed by atoms with Crippen LogP contribution < -0.4 is 9.47 Å². The van der Waals surface area contributed by atoms with Gasteiger partial charge >= 0.3 is 6.16 Å². The molecule has 0 radical (unpaired) electrons. The Morgan fingerprint density at radius 1 is 0.947 bits per heavy atom. The second-order valence-electron chi connectivity index (χ2n) is 3.90. The molecule has 0 aliphatic carbocycles. The summed E-state index contributed by atoms with van der Waals surface area (Å²) in [7, 11) is 0. The molecule has 19 heavy (non-hydrogen) atoms. The lowest BCUT2D eigenvalue weighted by Crippen LogP contribution is -2.13. The topological polar surface area (TPSA) is 35.5 Å². The zero-order valence-corrected chi connectivity index (χ0v) is 10.4. The second kappa shape index (κ2) is 6.40. The average Bonchev–Trinajstić information content (AvgIpc) is 2.42. The van der Waals surface area contributed by atoms with Gasteiger partial charge < -0.3 is 9.47 Å². The van der Waals surface area contributed by atoms with E-state index in [4.69, 9.17) is 9.47 Å². The van der Waals surface area contributed by atoms with E-state index in [1.165, 1.54) is 0 Å². The molecule has 0 aliphatic rings. The van der Waals surface area contributed by atoms with Gasteiger partial charge in [0.25, 0.3) is 0 Å². The fourth-order valence-corrected chi connectivity index (χ4v) is 1.56. The summed E-state index contributed by atoms with van der Waals surface area (Å²) in [6.07, 6.45) is 1.86. The second-order valence-corrected chi connectivity index (χ2v) is 3.90. The maximum Gasteiger partial charge on any atom is 0.519 e. The van der Waals surface area contributed by atoms with Crippen LogP contribution in [0.25, 0.3) is 0 Å². The van der Waals surface area contributed by atoms with Crippen molar-refractivity contribution >= 4 is 6.16 Å². The maximum absolute atomic E-state index is 11.5. The van der Waals surface area contributed by atoms with E-state index in [1.54, 1.807) is 36.4 Å². The van der Waals surface area contributed by atoms with Crippen molar-refractivity contribution in [1.82, 2.24) is 0 Å². The van der Waals surface area contributed by atoms with Crippen LogP contribution in [0.5, 0.6) is 11.5 Å². The molecule has 0 amide bonds. The van der Waals surface area contributed by atoms with E-state index in [2.05, 4.69) is 6.58 Å². The lowest BCUT2D eigenvalue weighted by atomic mass is 10.1. The molecule has 0 aromatic heterocycles. The molecule has 0 saturated heterocycles. The molecule has 0 heterocycles. The molecule has 0 spiro atoms. The zero-order valence-electron chi connectivity index (χ0n) is 10.4. The largest absolute Gasteiger partial charge is 0.519 e. The summed E-state index contributed by atoms with van der Waals surface area (Å²) < 4.78 is 10.1. The summed E-state index contributed by atoms with van der Waals surface area (Å²) in [6.45, 7) is 3.67. The molecule has 0 bridgehead atoms. The van der Waals surface area contributed by atoms with Gasteiger partial charge in [0.15, 0.2) is 0 Å². The number of rotatable bonds is 4. The first-order valence-electron chi connectivity index (χ1n) is 5.92. The molecule has 96 valence electrons. The van der Waals surface area contributed by atoms with Gasteiger partial charge in [-0.2, -0.15) is 0 Å². The van der Waals surface area contributed by atoms with Crippen molar-refractivity contribution in [2.75, 3.05) is 0 Å². The molecular weight excluding hydrogens is 240 g/mol. The Kier molecular flexibility index (Phi) is 4.34. The first kappa shape index (κ1) is 12.9. The van der Waals surface area contributed by atoms with Crippen LogP contribution in [0.2, 0.25) is 0 Å². The Hall–Kier alpha value is -2.55. The first-order chi connectivity index (χ1) is 9.28. The predicted molar refractivity (Wildman–Crippen MR) is 73.4 cm³/mol. The lowest BCUT2D eigenvalue weighted by Gasteiger charge is -2.05. The summed E-state index contributed by atoms with van der Waals surface area (Å²) in [5.74, 6) is 0.907. The number of hydrogen-bond donors (Lipinski definition) is 0. The van der Waals surface area contributed by atoms with Gasteiger partial charge in [0.1, 0.15) is 11.5 Å². The molecule has 2 aromatic carbocycles. The molecule has 0 unspecified atom stereocenters. The van der Waals surface area contributed by atoms with Gasteiger partial charge in [-0.1, -0.05) is 36.4 Å². The highest BCUT2D eigenvalue weighted by atomic mass is 16.7. The normalized spacial score (nSPS) is 9.68. The molecule has 0 N–H and O–H groups in total. The average molecular weight is 254 g/mol. The molecule has 0 atom stereocenters. The molecule has 0 saturated carbocycles. The summed E-state index contributed by atoms with van der Waals surface area (Å²) >= 11 is 0. The molecule has 3 heteroatoms. The van der Waals surface area contributed by atoms with Crippen LogP contribution in [0, 0.1) is 0 Å². The molecule has 0 fully saturated rings. The number of para-hydroxylation sites is 1. The Bertz CT molecular complexity index is 544. The number of carbonyl (C=O) groups excluding carboxylic acids is 1. The summed E-state index contributed by atoms with van der Waals surface area (Å²) in [6, 6.07) is 16.0. The van der Waals surface area contributed by atoms with Gasteiger partial charge in [-0.05, 0) is 36.2 Å². The Balaban J connectivity index is 1.93. The number of ether oxygens (including phenoxy) is 2. The Morgan fingerprint density at radius 2 is 1.53 bits per heavy atom. The van der Waals surface area contributed by atoms with Gasteiger partial charge in [0.2, 0.25) is 0 Å². The van der Waals surface area contributed by atoms with Crippen molar-refractivity contribution in [2.24, 2.45) is 0 Å². The van der Waals surface area contributed by atoms with Gasteiger partial charge in [0, 0.05) is 0 Å². The van der Waals surface area contributed by atoms with Gasteiger partial charge in [-0.15, -0.1) is 6.58 Å². The molecule has 2 aromatic rings. The molecule has 0 aliphatic heterocycles. The standard InChI is InChI=1S/C16H14O3/c1-2-6-13-9-11-15(12-10-13)19-16(17)18-14-7-4-3-5-8-14/h2-5,7-12H,1,6H2. The highest BCUT2D eigenvalue weighted by molar-refractivity contribution is 5.67. The van der Waals surface area contributed by atoms with Crippen LogP contribution >= 0.6 is 0 Å². The fraction of sp³-hybridized carbons (Fsp3) is 0.0625. The van der Waals surface area contributed by atoms with Gasteiger partial charge in [-0.3, -0.25) is 0 Å². The number of allylic oxidation sites excluding steroid dienone is 1. The van der Waals surface area contributed by atoms with Crippen LogP contribution in [-0.4, -0.2) is 6.16 Å². The summed E-state index contributed by atoms with van der Waals surface area (Å²) in [5, 5.41) is 0. The van der Waals surface area contributed by atoms with Gasteiger partial charge in [-0.25, -0.2) is 4.79 Å². The predicted octanol–water partition coefficient (Wildman–Crippen LogP) is 3.99. The Morgan fingerprint density at radius 3 is 2.11 bits per heavy atom. The van der Waals surface area contributed by atoms with E-state index in [-0.39, 0.29) is 0 Å². The lowest BCUT2D eigenvalue weighted by molar-refractivity contribution is 0.152. The monoisotopic (exact) mass is 254 g/mol. The van der Waals surface area contributed by atoms with E-state index < -0.39 is 6.16 Å². The number of hydrogen-bond acceptors (Lipinski definition) is 3.